The molecule has 1 aliphatic rings. The first-order valence-corrected chi connectivity index (χ1v) is 13.7. The zero-order chi connectivity index (χ0) is 30.3. The number of benzene rings is 2. The molecule has 1 amide bonds. The normalized spacial score (nSPS) is 16.5. The molecule has 10 nitrogen and oxygen atoms in total. The highest BCUT2D eigenvalue weighted by molar-refractivity contribution is 5.85. The van der Waals surface area contributed by atoms with Crippen molar-refractivity contribution in [2.45, 2.75) is 25.2 Å². The van der Waals surface area contributed by atoms with Gasteiger partial charge < -0.3 is 28.8 Å². The number of carbonyl (C=O) groups excluding carboxylic acids is 1. The summed E-state index contributed by atoms with van der Waals surface area (Å²) in [4.78, 5) is 34.0. The number of para-hydroxylation sites is 1. The highest BCUT2D eigenvalue weighted by atomic mass is 19.4. The molecule has 1 saturated heterocycles. The van der Waals surface area contributed by atoms with Gasteiger partial charge in [-0.3, -0.25) is 4.79 Å². The number of methoxy groups -OCH3 is 2. The Hall–Kier alpha value is -4.65. The lowest BCUT2D eigenvalue weighted by atomic mass is 10.1. The Morgan fingerprint density at radius 1 is 1.02 bits per heavy atom. The summed E-state index contributed by atoms with van der Waals surface area (Å²) in [7, 11) is 4.92. The van der Waals surface area contributed by atoms with Gasteiger partial charge in [0.1, 0.15) is 18.1 Å². The molecule has 0 spiro atoms. The molecule has 1 unspecified atom stereocenters. The standard InChI is InChI=1S/C30H30F3N7O3/c1-38-11-10-24(27-34-16-23(35-27)20-14-18-6-4-5-7-21(18)36-28(20)43-3)39(13-12-38)26(41)17-40-25-15-19(42-2)8-9-22(25)37-29(40)30(31,32)33/h4-9,14-16,24H,10-13,17H2,1-3H3,(H,34,35). The van der Waals surface area contributed by atoms with Gasteiger partial charge in [0, 0.05) is 31.1 Å². The van der Waals surface area contributed by atoms with Crippen LogP contribution in [0.25, 0.3) is 33.2 Å². The summed E-state index contributed by atoms with van der Waals surface area (Å²) in [6, 6.07) is 13.6. The lowest BCUT2D eigenvalue weighted by molar-refractivity contribution is -0.148. The second-order valence-corrected chi connectivity index (χ2v) is 10.5. The van der Waals surface area contributed by atoms with Crippen LogP contribution in [0.3, 0.4) is 0 Å². The Bertz CT molecular complexity index is 1800. The first kappa shape index (κ1) is 28.5. The number of nitrogens with one attached hydrogen (secondary N) is 1. The summed E-state index contributed by atoms with van der Waals surface area (Å²) in [5.41, 5.74) is 2.44. The lowest BCUT2D eigenvalue weighted by Crippen LogP contribution is -2.39. The van der Waals surface area contributed by atoms with Crippen LogP contribution in [-0.4, -0.2) is 81.1 Å². The van der Waals surface area contributed by atoms with E-state index in [1.54, 1.807) is 18.2 Å². The number of pyridine rings is 1. The molecular formula is C30H30F3N7O3. The third-order valence-corrected chi connectivity index (χ3v) is 7.79. The smallest absolute Gasteiger partial charge is 0.449 e. The van der Waals surface area contributed by atoms with Crippen LogP contribution >= 0.6 is 0 Å². The van der Waals surface area contributed by atoms with Crippen LogP contribution in [-0.2, 0) is 17.5 Å². The molecule has 1 aliphatic heterocycles. The molecule has 0 aliphatic carbocycles. The predicted octanol–water partition coefficient (Wildman–Crippen LogP) is 4.92. The van der Waals surface area contributed by atoms with Crippen LogP contribution in [0.2, 0.25) is 0 Å². The van der Waals surface area contributed by atoms with E-state index in [4.69, 9.17) is 9.47 Å². The number of fused-ring (bicyclic) bond motifs is 2. The lowest BCUT2D eigenvalue weighted by Gasteiger charge is -2.29. The van der Waals surface area contributed by atoms with E-state index in [1.807, 2.05) is 37.4 Å². The predicted molar refractivity (Wildman–Crippen MR) is 154 cm³/mol. The number of aromatic nitrogens is 5. The van der Waals surface area contributed by atoms with Gasteiger partial charge in [0.2, 0.25) is 17.6 Å². The Morgan fingerprint density at radius 2 is 1.84 bits per heavy atom. The summed E-state index contributed by atoms with van der Waals surface area (Å²) >= 11 is 0. The summed E-state index contributed by atoms with van der Waals surface area (Å²) in [6.45, 7) is 0.996. The zero-order valence-corrected chi connectivity index (χ0v) is 23.9. The fourth-order valence-corrected chi connectivity index (χ4v) is 5.55. The third kappa shape index (κ3) is 5.47. The summed E-state index contributed by atoms with van der Waals surface area (Å²) in [5, 5.41) is 0.923. The molecular weight excluding hydrogens is 563 g/mol. The largest absolute Gasteiger partial charge is 0.497 e. The molecule has 0 saturated carbocycles. The van der Waals surface area contributed by atoms with E-state index in [0.29, 0.717) is 54.8 Å². The Morgan fingerprint density at radius 3 is 2.60 bits per heavy atom. The van der Waals surface area contributed by atoms with Crippen LogP contribution in [0, 0.1) is 0 Å². The molecule has 1 fully saturated rings. The maximum atomic E-state index is 14.1. The zero-order valence-electron chi connectivity index (χ0n) is 23.9. The van der Waals surface area contributed by atoms with E-state index >= 15 is 0 Å². The minimum absolute atomic E-state index is 0.127. The van der Waals surface area contributed by atoms with Crippen molar-refractivity contribution in [3.63, 3.8) is 0 Å². The van der Waals surface area contributed by atoms with Crippen molar-refractivity contribution >= 4 is 27.8 Å². The fourth-order valence-electron chi connectivity index (χ4n) is 5.55. The number of ether oxygens (including phenoxy) is 2. The molecule has 5 aromatic rings. The van der Waals surface area contributed by atoms with Gasteiger partial charge in [-0.25, -0.2) is 15.0 Å². The molecule has 4 heterocycles. The number of likely N-dealkylation sites (N-methyl/N-ethyl adjacent to an activating group) is 1. The minimum Gasteiger partial charge on any atom is -0.497 e. The van der Waals surface area contributed by atoms with Crippen LogP contribution in [0.1, 0.15) is 24.1 Å². The molecule has 0 radical (unpaired) electrons. The van der Waals surface area contributed by atoms with Gasteiger partial charge in [-0.15, -0.1) is 0 Å². The monoisotopic (exact) mass is 593 g/mol. The van der Waals surface area contributed by atoms with Crippen molar-refractivity contribution in [1.29, 1.82) is 0 Å². The summed E-state index contributed by atoms with van der Waals surface area (Å²) < 4.78 is 53.9. The van der Waals surface area contributed by atoms with Gasteiger partial charge in [0.15, 0.2) is 0 Å². The van der Waals surface area contributed by atoms with Crippen molar-refractivity contribution in [3.05, 3.63) is 66.4 Å². The van der Waals surface area contributed by atoms with E-state index in [1.165, 1.54) is 25.3 Å². The van der Waals surface area contributed by atoms with Gasteiger partial charge in [-0.1, -0.05) is 18.2 Å². The quantitative estimate of drug-likeness (QED) is 0.298. The van der Waals surface area contributed by atoms with E-state index in [2.05, 4.69) is 24.8 Å². The second kappa shape index (κ2) is 11.2. The summed E-state index contributed by atoms with van der Waals surface area (Å²) in [5.74, 6) is -0.294. The van der Waals surface area contributed by atoms with Crippen molar-refractivity contribution in [3.8, 4) is 22.9 Å². The maximum Gasteiger partial charge on any atom is 0.449 e. The van der Waals surface area contributed by atoms with Gasteiger partial charge in [-0.05, 0) is 37.7 Å². The van der Waals surface area contributed by atoms with E-state index in [0.717, 1.165) is 15.5 Å². The van der Waals surface area contributed by atoms with Gasteiger partial charge in [0.05, 0.1) is 54.3 Å². The highest BCUT2D eigenvalue weighted by Crippen LogP contribution is 2.35. The van der Waals surface area contributed by atoms with Gasteiger partial charge in [0.25, 0.3) is 0 Å². The number of nitrogens with zero attached hydrogens (tertiary/aromatic N) is 6. The fraction of sp³-hybridized carbons (Fsp3) is 0.333. The molecule has 224 valence electrons. The average molecular weight is 594 g/mol. The number of amides is 1. The van der Waals surface area contributed by atoms with E-state index < -0.39 is 30.5 Å². The van der Waals surface area contributed by atoms with Crippen LogP contribution in [0.5, 0.6) is 11.6 Å². The molecule has 13 heteroatoms. The van der Waals surface area contributed by atoms with Crippen LogP contribution in [0.4, 0.5) is 13.2 Å². The Labute approximate surface area is 245 Å². The molecule has 43 heavy (non-hydrogen) atoms. The van der Waals surface area contributed by atoms with Crippen LogP contribution < -0.4 is 9.47 Å². The number of alkyl halides is 3. The van der Waals surface area contributed by atoms with Crippen molar-refractivity contribution in [1.82, 2.24) is 34.3 Å². The number of imidazole rings is 2. The van der Waals surface area contributed by atoms with Gasteiger partial charge in [-0.2, -0.15) is 13.2 Å². The molecule has 1 atom stereocenters. The molecule has 2 aromatic carbocycles. The van der Waals surface area contributed by atoms with E-state index in [9.17, 15) is 18.0 Å². The molecule has 0 bridgehead atoms. The SMILES string of the molecule is COc1ccc2nc(C(F)(F)F)n(CC(=O)N3CCN(C)CCC3c3ncc(-c4cc5ccccc5nc4OC)[nH]3)c2c1. The maximum absolute atomic E-state index is 14.1. The highest BCUT2D eigenvalue weighted by Gasteiger charge is 2.39. The number of hydrogen-bond acceptors (Lipinski definition) is 7. The number of halogens is 3. The van der Waals surface area contributed by atoms with Crippen molar-refractivity contribution in [2.75, 3.05) is 40.9 Å². The second-order valence-electron chi connectivity index (χ2n) is 10.5. The third-order valence-electron chi connectivity index (χ3n) is 7.79. The number of carbonyl (C=O) groups is 1. The van der Waals surface area contributed by atoms with Crippen LogP contribution in [0.15, 0.2) is 54.7 Å². The van der Waals surface area contributed by atoms with Gasteiger partial charge >= 0.3 is 6.18 Å². The molecule has 1 N–H and O–H groups in total. The Balaban J connectivity index is 1.36. The molecule has 6 rings (SSSR count). The first-order valence-electron chi connectivity index (χ1n) is 13.7. The number of hydrogen-bond donors (Lipinski definition) is 1. The Kier molecular flexibility index (Phi) is 7.42. The topological polar surface area (TPSA) is 101 Å². The first-order chi connectivity index (χ1) is 20.7. The average Bonchev–Trinajstić information content (AvgIpc) is 3.57. The minimum atomic E-state index is -4.76. The van der Waals surface area contributed by atoms with Crippen molar-refractivity contribution in [2.24, 2.45) is 0 Å². The number of aromatic amines is 1. The van der Waals surface area contributed by atoms with E-state index in [-0.39, 0.29) is 11.0 Å². The number of H-pyrrole nitrogens is 1. The van der Waals surface area contributed by atoms with Crippen molar-refractivity contribution < 1.29 is 27.4 Å². The molecule has 3 aromatic heterocycles. The number of rotatable bonds is 6. The summed E-state index contributed by atoms with van der Waals surface area (Å²) in [6.07, 6.45) is -2.56.